The first-order valence-corrected chi connectivity index (χ1v) is 9.71. The Balaban J connectivity index is 1.36. The van der Waals surface area contributed by atoms with Crippen LogP contribution in [0.3, 0.4) is 0 Å². The van der Waals surface area contributed by atoms with Gasteiger partial charge in [-0.05, 0) is 42.2 Å². The van der Waals surface area contributed by atoms with E-state index in [-0.39, 0.29) is 41.4 Å². The fourth-order valence-corrected chi connectivity index (χ4v) is 3.98. The highest BCUT2D eigenvalue weighted by Gasteiger charge is 2.47. The number of amides is 2. The topological polar surface area (TPSA) is 40.6 Å². The Bertz CT molecular complexity index is 976. The first kappa shape index (κ1) is 19.8. The van der Waals surface area contributed by atoms with Gasteiger partial charge >= 0.3 is 0 Å². The highest BCUT2D eigenvalue weighted by Crippen LogP contribution is 2.49. The van der Waals surface area contributed by atoms with Crippen molar-refractivity contribution in [3.63, 3.8) is 0 Å². The third-order valence-corrected chi connectivity index (χ3v) is 5.74. The van der Waals surface area contributed by atoms with E-state index >= 15 is 0 Å². The lowest BCUT2D eigenvalue weighted by atomic mass is 10.1. The fraction of sp³-hybridized carbons (Fsp3) is 0.333. The second kappa shape index (κ2) is 7.71. The first-order chi connectivity index (χ1) is 13.8. The normalized spacial score (nSPS) is 21.2. The zero-order chi connectivity index (χ0) is 20.7. The molecule has 0 spiro atoms. The van der Waals surface area contributed by atoms with Crippen molar-refractivity contribution in [2.75, 3.05) is 26.2 Å². The molecule has 2 fully saturated rings. The molecule has 2 amide bonds. The first-order valence-electron chi connectivity index (χ1n) is 9.33. The number of piperazine rings is 1. The van der Waals surface area contributed by atoms with Gasteiger partial charge in [0.25, 0.3) is 5.91 Å². The molecule has 0 aromatic heterocycles. The third-order valence-electron chi connectivity index (χ3n) is 5.51. The van der Waals surface area contributed by atoms with E-state index in [0.29, 0.717) is 25.1 Å². The maximum atomic E-state index is 13.9. The molecule has 4 nitrogen and oxygen atoms in total. The van der Waals surface area contributed by atoms with Gasteiger partial charge in [-0.1, -0.05) is 17.7 Å². The summed E-state index contributed by atoms with van der Waals surface area (Å²) >= 11 is 5.85. The van der Waals surface area contributed by atoms with Gasteiger partial charge in [0, 0.05) is 43.2 Å². The van der Waals surface area contributed by atoms with Crippen LogP contribution in [0, 0.1) is 23.4 Å². The minimum Gasteiger partial charge on any atom is -0.339 e. The van der Waals surface area contributed by atoms with E-state index in [1.165, 1.54) is 29.2 Å². The lowest BCUT2D eigenvalue weighted by molar-refractivity contribution is -0.134. The molecule has 2 aliphatic rings. The summed E-state index contributed by atoms with van der Waals surface area (Å²) in [6.45, 7) is 1.20. The number of nitrogens with zero attached hydrogens (tertiary/aromatic N) is 2. The van der Waals surface area contributed by atoms with Crippen molar-refractivity contribution in [1.82, 2.24) is 9.80 Å². The highest BCUT2D eigenvalue weighted by molar-refractivity contribution is 6.31. The maximum Gasteiger partial charge on any atom is 0.257 e. The molecule has 29 heavy (non-hydrogen) atoms. The zero-order valence-electron chi connectivity index (χ0n) is 15.4. The van der Waals surface area contributed by atoms with Crippen molar-refractivity contribution >= 4 is 23.4 Å². The van der Waals surface area contributed by atoms with Crippen molar-refractivity contribution in [2.24, 2.45) is 5.92 Å². The van der Waals surface area contributed by atoms with Crippen LogP contribution >= 0.6 is 11.6 Å². The minimum atomic E-state index is -0.647. The van der Waals surface area contributed by atoms with E-state index in [4.69, 9.17) is 11.6 Å². The van der Waals surface area contributed by atoms with Gasteiger partial charge in [-0.3, -0.25) is 9.59 Å². The van der Waals surface area contributed by atoms with E-state index in [0.717, 1.165) is 12.1 Å². The summed E-state index contributed by atoms with van der Waals surface area (Å²) in [4.78, 5) is 28.4. The molecule has 0 bridgehead atoms. The van der Waals surface area contributed by atoms with Gasteiger partial charge in [0.2, 0.25) is 5.91 Å². The van der Waals surface area contributed by atoms with E-state index < -0.39 is 23.4 Å². The molecule has 0 N–H and O–H groups in total. The molecule has 4 rings (SSSR count). The summed E-state index contributed by atoms with van der Waals surface area (Å²) in [6, 6.07) is 7.23. The molecule has 8 heteroatoms. The van der Waals surface area contributed by atoms with Crippen LogP contribution in [0.1, 0.15) is 28.3 Å². The molecule has 152 valence electrons. The average molecular weight is 423 g/mol. The number of hydrogen-bond donors (Lipinski definition) is 0. The van der Waals surface area contributed by atoms with Crippen LogP contribution in [0.5, 0.6) is 0 Å². The predicted molar refractivity (Wildman–Crippen MR) is 101 cm³/mol. The Hall–Kier alpha value is -2.54. The molecule has 1 aliphatic heterocycles. The van der Waals surface area contributed by atoms with Crippen LogP contribution in [0.15, 0.2) is 36.4 Å². The quantitative estimate of drug-likeness (QED) is 0.754. The second-order valence-corrected chi connectivity index (χ2v) is 7.79. The molecule has 0 radical (unpaired) electrons. The Kier molecular flexibility index (Phi) is 5.25. The summed E-state index contributed by atoms with van der Waals surface area (Å²) in [5.74, 6) is -3.06. The smallest absolute Gasteiger partial charge is 0.257 e. The minimum absolute atomic E-state index is 0.0914. The highest BCUT2D eigenvalue weighted by atomic mass is 35.5. The van der Waals surface area contributed by atoms with Crippen LogP contribution in [0.4, 0.5) is 13.2 Å². The van der Waals surface area contributed by atoms with Crippen molar-refractivity contribution in [1.29, 1.82) is 0 Å². The number of carbonyl (C=O) groups excluding carboxylic acids is 2. The van der Waals surface area contributed by atoms with Gasteiger partial charge in [0.05, 0.1) is 5.56 Å². The van der Waals surface area contributed by atoms with Crippen LogP contribution in [0.25, 0.3) is 0 Å². The average Bonchev–Trinajstić information content (AvgIpc) is 3.49. The Morgan fingerprint density at radius 3 is 2.28 bits per heavy atom. The van der Waals surface area contributed by atoms with E-state index in [2.05, 4.69) is 0 Å². The van der Waals surface area contributed by atoms with Crippen molar-refractivity contribution in [3.8, 4) is 0 Å². The molecule has 2 aromatic carbocycles. The van der Waals surface area contributed by atoms with Gasteiger partial charge in [0.15, 0.2) is 0 Å². The monoisotopic (exact) mass is 422 g/mol. The summed E-state index contributed by atoms with van der Waals surface area (Å²) in [6.07, 6.45) is 0.522. The molecule has 2 aromatic rings. The summed E-state index contributed by atoms with van der Waals surface area (Å²) in [5, 5.41) is 0.274. The zero-order valence-corrected chi connectivity index (χ0v) is 16.1. The van der Waals surface area contributed by atoms with Crippen LogP contribution in [-0.2, 0) is 4.79 Å². The number of benzene rings is 2. The second-order valence-electron chi connectivity index (χ2n) is 7.36. The van der Waals surface area contributed by atoms with Gasteiger partial charge in [-0.2, -0.15) is 0 Å². The van der Waals surface area contributed by atoms with E-state index in [1.54, 1.807) is 4.90 Å². The van der Waals surface area contributed by atoms with Crippen molar-refractivity contribution in [2.45, 2.75) is 12.3 Å². The molecular weight excluding hydrogens is 405 g/mol. The summed E-state index contributed by atoms with van der Waals surface area (Å²) in [5.41, 5.74) is 0.265. The molecule has 2 unspecified atom stereocenters. The number of halogens is 4. The number of hydrogen-bond acceptors (Lipinski definition) is 2. The van der Waals surface area contributed by atoms with Gasteiger partial charge in [-0.15, -0.1) is 0 Å². The van der Waals surface area contributed by atoms with Gasteiger partial charge < -0.3 is 9.80 Å². The SMILES string of the molecule is O=C(c1cc(Cl)ccc1F)N1CCN(C(=O)C2CC2c2ccc(F)cc2F)CC1. The third kappa shape index (κ3) is 3.96. The lowest BCUT2D eigenvalue weighted by Crippen LogP contribution is -2.51. The molecule has 1 aliphatic carbocycles. The number of rotatable bonds is 3. The van der Waals surface area contributed by atoms with Crippen LogP contribution < -0.4 is 0 Å². The standard InChI is InChI=1S/C21H18ClF3N2O2/c22-12-1-4-18(24)17(9-12)21(29)27-7-5-26(6-8-27)20(28)16-11-15(16)14-3-2-13(23)10-19(14)25/h1-4,9-10,15-16H,5-8,11H2. The van der Waals surface area contributed by atoms with E-state index in [1.807, 2.05) is 0 Å². The van der Waals surface area contributed by atoms with Gasteiger partial charge in [0.1, 0.15) is 17.5 Å². The van der Waals surface area contributed by atoms with E-state index in [9.17, 15) is 22.8 Å². The maximum absolute atomic E-state index is 13.9. The summed E-state index contributed by atoms with van der Waals surface area (Å²) in [7, 11) is 0. The molecule has 2 atom stereocenters. The molecule has 1 heterocycles. The van der Waals surface area contributed by atoms with Gasteiger partial charge in [-0.25, -0.2) is 13.2 Å². The summed E-state index contributed by atoms with van der Waals surface area (Å²) < 4.78 is 40.9. The fourth-order valence-electron chi connectivity index (χ4n) is 3.81. The molecule has 1 saturated heterocycles. The van der Waals surface area contributed by atoms with Crippen molar-refractivity contribution < 1.29 is 22.8 Å². The largest absolute Gasteiger partial charge is 0.339 e. The van der Waals surface area contributed by atoms with Crippen LogP contribution in [-0.4, -0.2) is 47.8 Å². The Morgan fingerprint density at radius 2 is 1.59 bits per heavy atom. The lowest BCUT2D eigenvalue weighted by Gasteiger charge is -2.35. The predicted octanol–water partition coefficient (Wildman–Crippen LogP) is 3.85. The molecule has 1 saturated carbocycles. The number of carbonyl (C=O) groups is 2. The Labute approximate surface area is 170 Å². The van der Waals surface area contributed by atoms with Crippen LogP contribution in [0.2, 0.25) is 5.02 Å². The van der Waals surface area contributed by atoms with Crippen molar-refractivity contribution in [3.05, 3.63) is 70.0 Å². The Morgan fingerprint density at radius 1 is 0.897 bits per heavy atom. The molecular formula is C21H18ClF3N2O2.